The molecule has 7 nitrogen and oxygen atoms in total. The van der Waals surface area contributed by atoms with Crippen molar-refractivity contribution < 1.29 is 37.1 Å². The van der Waals surface area contributed by atoms with Gasteiger partial charge in [-0.15, -0.1) is 12.6 Å². The normalized spacial score (nSPS) is 17.0. The topological polar surface area (TPSA) is 100 Å². The Morgan fingerprint density at radius 2 is 1.48 bits per heavy atom. The fourth-order valence-electron chi connectivity index (χ4n) is 5.21. The second-order valence-electron chi connectivity index (χ2n) is 12.4. The van der Waals surface area contributed by atoms with E-state index in [0.717, 1.165) is 41.4 Å². The number of pyridine rings is 1. The zero-order valence-corrected chi connectivity index (χ0v) is 30.6. The summed E-state index contributed by atoms with van der Waals surface area (Å²) in [5.74, 6) is 1.71. The van der Waals surface area contributed by atoms with Crippen molar-refractivity contribution in [1.82, 2.24) is 4.98 Å². The first-order chi connectivity index (χ1) is 19.3. The Morgan fingerprint density at radius 3 is 1.93 bits per heavy atom. The molecular weight excluding hydrogens is 588 g/mol. The third-order valence-electron chi connectivity index (χ3n) is 7.31. The summed E-state index contributed by atoms with van der Waals surface area (Å²) in [6.07, 6.45) is 5.79. The van der Waals surface area contributed by atoms with Gasteiger partial charge in [-0.05, 0) is 52.5 Å². The zero-order chi connectivity index (χ0) is 32.0. The fourth-order valence-corrected chi connectivity index (χ4v) is 7.10. The average Bonchev–Trinajstić information content (AvgIpc) is 3.42. The van der Waals surface area contributed by atoms with Crippen molar-refractivity contribution in [2.24, 2.45) is 5.92 Å². The largest absolute Gasteiger partial charge is 0.654 e. The van der Waals surface area contributed by atoms with Gasteiger partial charge in [-0.1, -0.05) is 75.8 Å². The van der Waals surface area contributed by atoms with Gasteiger partial charge in [-0.2, -0.15) is 0 Å². The van der Waals surface area contributed by atoms with Crippen molar-refractivity contribution in [3.63, 3.8) is 0 Å². The van der Waals surface area contributed by atoms with E-state index in [1.165, 1.54) is 41.4 Å². The van der Waals surface area contributed by atoms with E-state index >= 15 is 0 Å². The molecule has 3 rings (SSSR count). The van der Waals surface area contributed by atoms with Crippen molar-refractivity contribution in [3.05, 3.63) is 52.6 Å². The summed E-state index contributed by atoms with van der Waals surface area (Å²) >= 11 is 0. The van der Waals surface area contributed by atoms with Crippen molar-refractivity contribution in [1.29, 1.82) is 0 Å². The van der Waals surface area contributed by atoms with Crippen molar-refractivity contribution in [3.8, 4) is 5.75 Å². The van der Waals surface area contributed by atoms with Gasteiger partial charge in [0.2, 0.25) is 0 Å². The predicted molar refractivity (Wildman–Crippen MR) is 179 cm³/mol. The van der Waals surface area contributed by atoms with Gasteiger partial charge in [0, 0.05) is 81.2 Å². The van der Waals surface area contributed by atoms with Crippen LogP contribution in [0.5, 0.6) is 5.75 Å². The number of aliphatic hydroxyl groups is 3. The second kappa shape index (κ2) is 20.7. The molecule has 0 bridgehead atoms. The molecule has 0 amide bonds. The van der Waals surface area contributed by atoms with E-state index in [9.17, 15) is 0 Å². The Kier molecular flexibility index (Phi) is 21.1. The predicted octanol–water partition coefficient (Wildman–Crippen LogP) is 6.01. The van der Waals surface area contributed by atoms with Crippen LogP contribution in [0.25, 0.3) is 5.32 Å². The number of methoxy groups -OCH3 is 1. The molecule has 0 spiro atoms. The SMILES string of the molecule is CO.CO.CO.COc1c(C(C)(C)C)cc(PC2CCCC2[C@H](C)[N-]Cc2cc(N(C)C)ccn2)cc1C(C)(C)C.[Mn]. The van der Waals surface area contributed by atoms with Crippen molar-refractivity contribution >= 4 is 19.6 Å². The molecule has 0 aliphatic heterocycles. The number of hydrogen-bond acceptors (Lipinski definition) is 6. The molecule has 1 aromatic carbocycles. The van der Waals surface area contributed by atoms with E-state index < -0.39 is 0 Å². The number of nitrogens with zero attached hydrogens (tertiary/aromatic N) is 3. The van der Waals surface area contributed by atoms with Crippen LogP contribution in [0.3, 0.4) is 0 Å². The first-order valence-electron chi connectivity index (χ1n) is 14.4. The summed E-state index contributed by atoms with van der Waals surface area (Å²) in [4.78, 5) is 6.68. The Labute approximate surface area is 269 Å². The number of rotatable bonds is 8. The van der Waals surface area contributed by atoms with Crippen LogP contribution in [-0.2, 0) is 34.4 Å². The van der Waals surface area contributed by atoms with Crippen LogP contribution in [0, 0.1) is 5.92 Å². The van der Waals surface area contributed by atoms with E-state index in [2.05, 4.69) is 90.6 Å². The maximum Gasteiger partial charge on any atom is 0.126 e. The number of aromatic nitrogens is 1. The molecule has 243 valence electrons. The molecule has 3 unspecified atom stereocenters. The maximum atomic E-state index is 7.00. The van der Waals surface area contributed by atoms with Gasteiger partial charge in [0.25, 0.3) is 0 Å². The summed E-state index contributed by atoms with van der Waals surface area (Å²) in [6, 6.07) is 9.42. The zero-order valence-electron chi connectivity index (χ0n) is 28.4. The number of anilines is 1. The van der Waals surface area contributed by atoms with Gasteiger partial charge in [0.1, 0.15) is 5.75 Å². The molecule has 1 heterocycles. The summed E-state index contributed by atoms with van der Waals surface area (Å²) < 4.78 is 5.99. The minimum atomic E-state index is 0. The van der Waals surface area contributed by atoms with Crippen LogP contribution in [0.1, 0.15) is 84.5 Å². The van der Waals surface area contributed by atoms with Crippen molar-refractivity contribution in [2.45, 2.75) is 96.8 Å². The molecule has 1 aliphatic rings. The van der Waals surface area contributed by atoms with Gasteiger partial charge in [0.15, 0.2) is 0 Å². The quantitative estimate of drug-likeness (QED) is 0.240. The molecule has 1 aliphatic carbocycles. The first-order valence-corrected chi connectivity index (χ1v) is 15.5. The van der Waals surface area contributed by atoms with Gasteiger partial charge < -0.3 is 30.3 Å². The molecular formula is C33H59MnN3O4P-. The van der Waals surface area contributed by atoms with E-state index in [1.54, 1.807) is 0 Å². The molecule has 0 saturated heterocycles. The third-order valence-corrected chi connectivity index (χ3v) is 9.02. The number of benzene rings is 1. The van der Waals surface area contributed by atoms with E-state index in [-0.39, 0.29) is 27.9 Å². The third kappa shape index (κ3) is 12.8. The molecule has 1 radical (unpaired) electrons. The van der Waals surface area contributed by atoms with Gasteiger partial charge in [0.05, 0.1) is 7.11 Å². The smallest absolute Gasteiger partial charge is 0.126 e. The molecule has 1 fully saturated rings. The van der Waals surface area contributed by atoms with Crippen LogP contribution in [0.15, 0.2) is 30.5 Å². The van der Waals surface area contributed by atoms with Gasteiger partial charge >= 0.3 is 0 Å². The first kappa shape index (κ1) is 42.9. The van der Waals surface area contributed by atoms with Gasteiger partial charge in [-0.25, -0.2) is 0 Å². The Morgan fingerprint density at radius 1 is 0.952 bits per heavy atom. The number of hydrogen-bond donors (Lipinski definition) is 3. The fraction of sp³-hybridized carbons (Fsp3) is 0.667. The maximum absolute atomic E-state index is 7.00. The van der Waals surface area contributed by atoms with Crippen LogP contribution in [0.4, 0.5) is 5.69 Å². The summed E-state index contributed by atoms with van der Waals surface area (Å²) in [7, 11) is 9.76. The Hall–Kier alpha value is -1.24. The van der Waals surface area contributed by atoms with Gasteiger partial charge in [-0.3, -0.25) is 4.98 Å². The van der Waals surface area contributed by atoms with Crippen LogP contribution in [0.2, 0.25) is 0 Å². The summed E-state index contributed by atoms with van der Waals surface area (Å²) in [5.41, 5.74) is 5.67. The Balaban J connectivity index is 0. The monoisotopic (exact) mass is 647 g/mol. The minimum Gasteiger partial charge on any atom is -0.654 e. The summed E-state index contributed by atoms with van der Waals surface area (Å²) in [6.45, 7) is 16.8. The van der Waals surface area contributed by atoms with E-state index in [0.29, 0.717) is 24.2 Å². The molecule has 42 heavy (non-hydrogen) atoms. The minimum absolute atomic E-state index is 0. The molecule has 2 aromatic rings. The van der Waals surface area contributed by atoms with Crippen LogP contribution >= 0.6 is 8.58 Å². The standard InChI is InChI=1S/C30H47N3OP.3CH4O.Mn/c1-20(32-19-21-16-22(33(8)9)14-15-31-21)24-12-11-13-27(24)35-23-17-25(29(2,3)4)28(34-10)26(18-23)30(5,6)7;3*1-2;/h14-18,20,24,27,35H,11-13,19H2,1-10H3;3*2H,1H3;/q-1;;;;/t20-,24?,27?;;;;/m0..../s1. The van der Waals surface area contributed by atoms with E-state index in [1.807, 2.05) is 19.4 Å². The Bertz CT molecular complexity index is 975. The molecule has 4 atom stereocenters. The van der Waals surface area contributed by atoms with Crippen molar-refractivity contribution in [2.75, 3.05) is 47.4 Å². The number of ether oxygens (including phenoxy) is 1. The molecule has 1 saturated carbocycles. The second-order valence-corrected chi connectivity index (χ2v) is 14.0. The average molecular weight is 648 g/mol. The summed E-state index contributed by atoms with van der Waals surface area (Å²) in [5, 5.41) is 27.6. The van der Waals surface area contributed by atoms with Crippen LogP contribution < -0.4 is 14.9 Å². The number of aliphatic hydroxyl groups excluding tert-OH is 3. The van der Waals surface area contributed by atoms with E-state index in [4.69, 9.17) is 25.4 Å². The molecule has 1 aromatic heterocycles. The molecule has 3 N–H and O–H groups in total. The van der Waals surface area contributed by atoms with Crippen LogP contribution in [-0.4, -0.2) is 74.5 Å². The molecule has 9 heteroatoms.